The van der Waals surface area contributed by atoms with Crippen molar-refractivity contribution >= 4 is 5.91 Å². The molecule has 1 aliphatic rings. The van der Waals surface area contributed by atoms with Crippen LogP contribution in [0.5, 0.6) is 5.75 Å². The van der Waals surface area contributed by atoms with Crippen molar-refractivity contribution in [1.29, 1.82) is 0 Å². The van der Waals surface area contributed by atoms with Gasteiger partial charge in [0, 0.05) is 13.0 Å². The first-order valence-electron chi connectivity index (χ1n) is 7.34. The van der Waals surface area contributed by atoms with Gasteiger partial charge in [-0.15, -0.1) is 0 Å². The normalized spacial score (nSPS) is 19.6. The van der Waals surface area contributed by atoms with Gasteiger partial charge in [0.2, 0.25) is 5.91 Å². The van der Waals surface area contributed by atoms with Crippen LogP contribution in [0.4, 0.5) is 0 Å². The van der Waals surface area contributed by atoms with E-state index in [0.717, 1.165) is 31.6 Å². The van der Waals surface area contributed by atoms with Gasteiger partial charge in [-0.3, -0.25) is 4.79 Å². The molecule has 0 aromatic heterocycles. The van der Waals surface area contributed by atoms with Crippen molar-refractivity contribution in [2.45, 2.75) is 44.8 Å². The van der Waals surface area contributed by atoms with Gasteiger partial charge in [-0.05, 0) is 38.3 Å². The second-order valence-corrected chi connectivity index (χ2v) is 5.22. The number of hydrogen-bond donors (Lipinski definition) is 1. The maximum Gasteiger partial charge on any atom is 0.220 e. The molecule has 2 rings (SSSR count). The molecule has 20 heavy (non-hydrogen) atoms. The number of benzene rings is 1. The smallest absolute Gasteiger partial charge is 0.220 e. The molecule has 1 amide bonds. The van der Waals surface area contributed by atoms with E-state index in [1.54, 1.807) is 0 Å². The molecule has 0 aliphatic carbocycles. The monoisotopic (exact) mass is 277 g/mol. The molecule has 1 aromatic rings. The van der Waals surface area contributed by atoms with Crippen LogP contribution in [0.2, 0.25) is 0 Å². The molecular formula is C16H23NO3. The largest absolute Gasteiger partial charge is 0.489 e. The summed E-state index contributed by atoms with van der Waals surface area (Å²) in [5.74, 6) is 0.901. The van der Waals surface area contributed by atoms with E-state index in [2.05, 4.69) is 5.32 Å². The first-order chi connectivity index (χ1) is 9.74. The Balaban J connectivity index is 1.60. The van der Waals surface area contributed by atoms with Gasteiger partial charge in [-0.1, -0.05) is 18.2 Å². The predicted molar refractivity (Wildman–Crippen MR) is 77.7 cm³/mol. The zero-order valence-electron chi connectivity index (χ0n) is 12.0. The van der Waals surface area contributed by atoms with Gasteiger partial charge >= 0.3 is 0 Å². The number of carbonyl (C=O) groups is 1. The van der Waals surface area contributed by atoms with Crippen LogP contribution < -0.4 is 10.1 Å². The topological polar surface area (TPSA) is 47.6 Å². The van der Waals surface area contributed by atoms with Crippen LogP contribution in [0, 0.1) is 0 Å². The average Bonchev–Trinajstić information content (AvgIpc) is 2.97. The van der Waals surface area contributed by atoms with Crippen LogP contribution in [-0.2, 0) is 9.53 Å². The second kappa shape index (κ2) is 7.90. The summed E-state index contributed by atoms with van der Waals surface area (Å²) < 4.78 is 11.2. The lowest BCUT2D eigenvalue weighted by Gasteiger charge is -2.16. The van der Waals surface area contributed by atoms with E-state index in [0.29, 0.717) is 13.0 Å². The quantitative estimate of drug-likeness (QED) is 0.833. The predicted octanol–water partition coefficient (Wildman–Crippen LogP) is 2.53. The number of rotatable bonds is 7. The van der Waals surface area contributed by atoms with Crippen molar-refractivity contribution in [3.63, 3.8) is 0 Å². The molecule has 1 aliphatic heterocycles. The van der Waals surface area contributed by atoms with Crippen LogP contribution in [0.3, 0.4) is 0 Å². The molecule has 0 radical (unpaired) electrons. The highest BCUT2D eigenvalue weighted by Crippen LogP contribution is 2.16. The Morgan fingerprint density at radius 1 is 1.45 bits per heavy atom. The Hall–Kier alpha value is -1.55. The van der Waals surface area contributed by atoms with E-state index in [1.165, 1.54) is 0 Å². The third-order valence-corrected chi connectivity index (χ3v) is 3.38. The molecule has 110 valence electrons. The highest BCUT2D eigenvalue weighted by molar-refractivity contribution is 5.75. The average molecular weight is 277 g/mol. The minimum atomic E-state index is -0.0379. The SMILES string of the molecule is C[C@H](CNC(=O)CC[C@@H]1CCCO1)Oc1ccccc1. The Bertz CT molecular complexity index is 401. The van der Waals surface area contributed by atoms with E-state index in [1.807, 2.05) is 37.3 Å². The summed E-state index contributed by atoms with van der Waals surface area (Å²) in [5.41, 5.74) is 0. The molecule has 1 heterocycles. The van der Waals surface area contributed by atoms with E-state index in [-0.39, 0.29) is 18.1 Å². The number of para-hydroxylation sites is 1. The standard InChI is InChI=1S/C16H23NO3/c1-13(20-15-6-3-2-4-7-15)12-17-16(18)10-9-14-8-5-11-19-14/h2-4,6-7,13-14H,5,8-12H2,1H3,(H,17,18)/t13-,14+/m1/s1. The third kappa shape index (κ3) is 5.21. The Kier molecular flexibility index (Phi) is 5.87. The molecule has 4 nitrogen and oxygen atoms in total. The molecule has 0 bridgehead atoms. The van der Waals surface area contributed by atoms with Crippen molar-refractivity contribution in [3.05, 3.63) is 30.3 Å². The zero-order valence-corrected chi connectivity index (χ0v) is 12.0. The summed E-state index contributed by atoms with van der Waals surface area (Å²) in [5, 5.41) is 2.91. The first kappa shape index (κ1) is 14.9. The number of hydrogen-bond acceptors (Lipinski definition) is 3. The summed E-state index contributed by atoms with van der Waals surface area (Å²) in [4.78, 5) is 11.7. The highest BCUT2D eigenvalue weighted by atomic mass is 16.5. The third-order valence-electron chi connectivity index (χ3n) is 3.38. The molecule has 4 heteroatoms. The molecule has 1 saturated heterocycles. The van der Waals surface area contributed by atoms with E-state index >= 15 is 0 Å². The van der Waals surface area contributed by atoms with Crippen molar-refractivity contribution in [1.82, 2.24) is 5.32 Å². The lowest BCUT2D eigenvalue weighted by Crippen LogP contribution is -2.33. The van der Waals surface area contributed by atoms with Crippen LogP contribution in [0.15, 0.2) is 30.3 Å². The fourth-order valence-corrected chi connectivity index (χ4v) is 2.28. The lowest BCUT2D eigenvalue weighted by atomic mass is 10.1. The summed E-state index contributed by atoms with van der Waals surface area (Å²) >= 11 is 0. The molecule has 1 aromatic carbocycles. The first-order valence-corrected chi connectivity index (χ1v) is 7.34. The molecule has 1 N–H and O–H groups in total. The Morgan fingerprint density at radius 3 is 2.95 bits per heavy atom. The minimum Gasteiger partial charge on any atom is -0.489 e. The van der Waals surface area contributed by atoms with Crippen LogP contribution in [0.1, 0.15) is 32.6 Å². The van der Waals surface area contributed by atoms with E-state index < -0.39 is 0 Å². The zero-order chi connectivity index (χ0) is 14.2. The van der Waals surface area contributed by atoms with Crippen LogP contribution in [0.25, 0.3) is 0 Å². The number of ether oxygens (including phenoxy) is 2. The fraction of sp³-hybridized carbons (Fsp3) is 0.562. The van der Waals surface area contributed by atoms with Gasteiger partial charge in [0.05, 0.1) is 12.6 Å². The van der Waals surface area contributed by atoms with Crippen molar-refractivity contribution in [2.24, 2.45) is 0 Å². The van der Waals surface area contributed by atoms with Crippen LogP contribution in [-0.4, -0.2) is 31.3 Å². The summed E-state index contributed by atoms with van der Waals surface area (Å²) in [6.45, 7) is 3.32. The minimum absolute atomic E-state index is 0.0379. The fourth-order valence-electron chi connectivity index (χ4n) is 2.28. The number of carbonyl (C=O) groups excluding carboxylic acids is 1. The molecule has 1 fully saturated rings. The molecule has 0 unspecified atom stereocenters. The molecule has 0 saturated carbocycles. The van der Waals surface area contributed by atoms with Crippen molar-refractivity contribution in [3.8, 4) is 5.75 Å². The Morgan fingerprint density at radius 2 is 2.25 bits per heavy atom. The summed E-state index contributed by atoms with van der Waals surface area (Å²) in [7, 11) is 0. The summed E-state index contributed by atoms with van der Waals surface area (Å²) in [6.07, 6.45) is 3.79. The molecule has 0 spiro atoms. The van der Waals surface area contributed by atoms with Crippen molar-refractivity contribution in [2.75, 3.05) is 13.2 Å². The lowest BCUT2D eigenvalue weighted by molar-refractivity contribution is -0.122. The van der Waals surface area contributed by atoms with E-state index in [9.17, 15) is 4.79 Å². The van der Waals surface area contributed by atoms with Gasteiger partial charge in [0.1, 0.15) is 11.9 Å². The van der Waals surface area contributed by atoms with Crippen molar-refractivity contribution < 1.29 is 14.3 Å². The van der Waals surface area contributed by atoms with Gasteiger partial charge in [-0.25, -0.2) is 0 Å². The van der Waals surface area contributed by atoms with Gasteiger partial charge in [0.25, 0.3) is 0 Å². The van der Waals surface area contributed by atoms with E-state index in [4.69, 9.17) is 9.47 Å². The van der Waals surface area contributed by atoms with Gasteiger partial charge in [-0.2, -0.15) is 0 Å². The highest BCUT2D eigenvalue weighted by Gasteiger charge is 2.16. The number of nitrogens with one attached hydrogen (secondary N) is 1. The van der Waals surface area contributed by atoms with Gasteiger partial charge in [0.15, 0.2) is 0 Å². The summed E-state index contributed by atoms with van der Waals surface area (Å²) in [6, 6.07) is 9.64. The second-order valence-electron chi connectivity index (χ2n) is 5.22. The molecule has 2 atom stereocenters. The molecular weight excluding hydrogens is 254 g/mol. The Labute approximate surface area is 120 Å². The van der Waals surface area contributed by atoms with Gasteiger partial charge < -0.3 is 14.8 Å². The van der Waals surface area contributed by atoms with Crippen LogP contribution >= 0.6 is 0 Å². The maximum atomic E-state index is 11.7. The maximum absolute atomic E-state index is 11.7. The number of amides is 1.